The van der Waals surface area contributed by atoms with Crippen molar-refractivity contribution in [3.63, 3.8) is 0 Å². The van der Waals surface area contributed by atoms with Gasteiger partial charge in [0.25, 0.3) is 0 Å². The molecule has 0 aliphatic heterocycles. The smallest absolute Gasteiger partial charge is 0.407 e. The molecule has 31 heavy (non-hydrogen) atoms. The maximum Gasteiger partial charge on any atom is 0.407 e. The molecule has 3 aromatic rings. The van der Waals surface area contributed by atoms with E-state index in [-0.39, 0.29) is 18.9 Å². The van der Waals surface area contributed by atoms with Gasteiger partial charge in [0.15, 0.2) is 0 Å². The predicted molar refractivity (Wildman–Crippen MR) is 119 cm³/mol. The molecule has 1 amide bonds. The Morgan fingerprint density at radius 3 is 2.16 bits per heavy atom. The van der Waals surface area contributed by atoms with Gasteiger partial charge in [0.05, 0.1) is 12.5 Å². The average molecular weight is 415 g/mol. The first-order valence-corrected chi connectivity index (χ1v) is 10.3. The highest BCUT2D eigenvalue weighted by Gasteiger charge is 2.29. The Labute approximate surface area is 181 Å². The summed E-state index contributed by atoms with van der Waals surface area (Å²) in [5.74, 6) is -1.03. The lowest BCUT2D eigenvalue weighted by atomic mass is 9.97. The van der Waals surface area contributed by atoms with Crippen LogP contribution < -0.4 is 5.32 Å². The van der Waals surface area contributed by atoms with Crippen LogP contribution in [0, 0.1) is 13.8 Å². The second-order valence-corrected chi connectivity index (χ2v) is 7.98. The van der Waals surface area contributed by atoms with Crippen LogP contribution in [0.2, 0.25) is 0 Å². The fourth-order valence-electron chi connectivity index (χ4n) is 4.41. The highest BCUT2D eigenvalue weighted by Crippen LogP contribution is 2.44. The Morgan fingerprint density at radius 1 is 0.968 bits per heavy atom. The SMILES string of the molecule is Cc1ccc([C@@H](CC(=O)O)NC(=O)OCC2c3ccccc3-c3ccccc32)c(C)c1. The zero-order valence-corrected chi connectivity index (χ0v) is 17.6. The van der Waals surface area contributed by atoms with Crippen molar-refractivity contribution >= 4 is 12.1 Å². The standard InChI is InChI=1S/C26H25NO4/c1-16-11-12-18(17(2)13-16)24(14-25(28)29)27-26(30)31-15-23-21-9-5-3-7-19(21)20-8-4-6-10-22(20)23/h3-13,23-24H,14-15H2,1-2H3,(H,27,30)(H,28,29)/t24-/m1/s1. The number of hydrogen-bond acceptors (Lipinski definition) is 3. The van der Waals surface area contributed by atoms with Crippen LogP contribution in [-0.4, -0.2) is 23.8 Å². The number of benzene rings is 3. The molecule has 1 atom stereocenters. The number of carbonyl (C=O) groups excluding carboxylic acids is 1. The lowest BCUT2D eigenvalue weighted by molar-refractivity contribution is -0.137. The summed E-state index contributed by atoms with van der Waals surface area (Å²) in [7, 11) is 0. The van der Waals surface area contributed by atoms with Crippen LogP contribution in [0.15, 0.2) is 66.7 Å². The van der Waals surface area contributed by atoms with Gasteiger partial charge in [0, 0.05) is 5.92 Å². The predicted octanol–water partition coefficient (Wildman–Crippen LogP) is 5.36. The first-order valence-electron chi connectivity index (χ1n) is 10.3. The van der Waals surface area contributed by atoms with Crippen molar-refractivity contribution in [2.45, 2.75) is 32.2 Å². The minimum atomic E-state index is -0.982. The number of carboxylic acids is 1. The Hall–Kier alpha value is -3.60. The van der Waals surface area contributed by atoms with E-state index in [0.717, 1.165) is 38.9 Å². The van der Waals surface area contributed by atoms with E-state index in [4.69, 9.17) is 4.74 Å². The van der Waals surface area contributed by atoms with Crippen molar-refractivity contribution in [1.29, 1.82) is 0 Å². The first kappa shape index (κ1) is 20.7. The maximum atomic E-state index is 12.6. The monoisotopic (exact) mass is 415 g/mol. The van der Waals surface area contributed by atoms with Gasteiger partial charge in [-0.1, -0.05) is 72.3 Å². The second-order valence-electron chi connectivity index (χ2n) is 7.98. The van der Waals surface area contributed by atoms with Gasteiger partial charge >= 0.3 is 12.1 Å². The van der Waals surface area contributed by atoms with Crippen LogP contribution in [-0.2, 0) is 9.53 Å². The van der Waals surface area contributed by atoms with Crippen molar-refractivity contribution in [2.24, 2.45) is 0 Å². The highest BCUT2D eigenvalue weighted by molar-refractivity contribution is 5.79. The number of aryl methyl sites for hydroxylation is 2. The number of carbonyl (C=O) groups is 2. The lowest BCUT2D eigenvalue weighted by Crippen LogP contribution is -2.32. The largest absolute Gasteiger partial charge is 0.481 e. The Bertz CT molecular complexity index is 1090. The van der Waals surface area contributed by atoms with E-state index in [0.29, 0.717) is 0 Å². The Kier molecular flexibility index (Phi) is 5.76. The summed E-state index contributed by atoms with van der Waals surface area (Å²) in [6, 6.07) is 21.4. The summed E-state index contributed by atoms with van der Waals surface area (Å²) in [5.41, 5.74) is 7.38. The van der Waals surface area contributed by atoms with E-state index in [1.54, 1.807) is 0 Å². The number of rotatable bonds is 6. The van der Waals surface area contributed by atoms with Gasteiger partial charge in [-0.2, -0.15) is 0 Å². The highest BCUT2D eigenvalue weighted by atomic mass is 16.5. The summed E-state index contributed by atoms with van der Waals surface area (Å²) in [6.45, 7) is 4.07. The molecule has 0 saturated carbocycles. The third-order valence-electron chi connectivity index (χ3n) is 5.82. The number of carboxylic acid groups (broad SMARTS) is 1. The van der Waals surface area contributed by atoms with Gasteiger partial charge in [-0.25, -0.2) is 4.79 Å². The van der Waals surface area contributed by atoms with Crippen molar-refractivity contribution < 1.29 is 19.4 Å². The van der Waals surface area contributed by atoms with E-state index in [9.17, 15) is 14.7 Å². The van der Waals surface area contributed by atoms with E-state index < -0.39 is 18.1 Å². The molecule has 3 aromatic carbocycles. The number of amides is 1. The molecule has 0 aromatic heterocycles. The Morgan fingerprint density at radius 2 is 1.58 bits per heavy atom. The van der Waals surface area contributed by atoms with Gasteiger partial charge < -0.3 is 15.2 Å². The van der Waals surface area contributed by atoms with Crippen LogP contribution in [0.25, 0.3) is 11.1 Å². The molecule has 0 fully saturated rings. The summed E-state index contributed by atoms with van der Waals surface area (Å²) < 4.78 is 5.59. The average Bonchev–Trinajstić information content (AvgIpc) is 3.05. The maximum absolute atomic E-state index is 12.6. The minimum absolute atomic E-state index is 0.0443. The Balaban J connectivity index is 1.50. The topological polar surface area (TPSA) is 75.6 Å². The molecule has 1 aliphatic rings. The van der Waals surface area contributed by atoms with E-state index in [1.165, 1.54) is 0 Å². The van der Waals surface area contributed by atoms with Crippen molar-refractivity contribution in [3.05, 3.63) is 94.5 Å². The minimum Gasteiger partial charge on any atom is -0.481 e. The number of aliphatic carboxylic acids is 1. The van der Waals surface area contributed by atoms with Gasteiger partial charge in [-0.05, 0) is 47.2 Å². The van der Waals surface area contributed by atoms with E-state index in [2.05, 4.69) is 29.6 Å². The molecule has 5 heteroatoms. The number of fused-ring (bicyclic) bond motifs is 3. The fraction of sp³-hybridized carbons (Fsp3) is 0.231. The molecular weight excluding hydrogens is 390 g/mol. The molecule has 0 saturated heterocycles. The summed E-state index contributed by atoms with van der Waals surface area (Å²) >= 11 is 0. The van der Waals surface area contributed by atoms with Gasteiger partial charge in [0.2, 0.25) is 0 Å². The molecule has 0 heterocycles. The molecule has 1 aliphatic carbocycles. The van der Waals surface area contributed by atoms with Crippen molar-refractivity contribution in [1.82, 2.24) is 5.32 Å². The molecular formula is C26H25NO4. The summed E-state index contributed by atoms with van der Waals surface area (Å²) in [5, 5.41) is 12.1. The van der Waals surface area contributed by atoms with Crippen LogP contribution in [0.5, 0.6) is 0 Å². The quantitative estimate of drug-likeness (QED) is 0.568. The van der Waals surface area contributed by atoms with Gasteiger partial charge in [-0.3, -0.25) is 4.79 Å². The summed E-state index contributed by atoms with van der Waals surface area (Å²) in [4.78, 5) is 24.0. The molecule has 4 rings (SSSR count). The van der Waals surface area contributed by atoms with E-state index in [1.807, 2.05) is 56.3 Å². The number of hydrogen-bond donors (Lipinski definition) is 2. The molecule has 0 unspecified atom stereocenters. The molecule has 5 nitrogen and oxygen atoms in total. The molecule has 0 radical (unpaired) electrons. The zero-order chi connectivity index (χ0) is 22.0. The van der Waals surface area contributed by atoms with Crippen LogP contribution in [0.4, 0.5) is 4.79 Å². The third kappa shape index (κ3) is 4.31. The number of alkyl carbamates (subject to hydrolysis) is 1. The van der Waals surface area contributed by atoms with Crippen molar-refractivity contribution in [3.8, 4) is 11.1 Å². The van der Waals surface area contributed by atoms with Crippen LogP contribution in [0.3, 0.4) is 0 Å². The first-order chi connectivity index (χ1) is 14.9. The number of nitrogens with one attached hydrogen (secondary N) is 1. The second kappa shape index (κ2) is 8.64. The third-order valence-corrected chi connectivity index (χ3v) is 5.82. The molecule has 0 spiro atoms. The normalized spacial score (nSPS) is 13.2. The molecule has 2 N–H and O–H groups in total. The van der Waals surface area contributed by atoms with Gasteiger partial charge in [-0.15, -0.1) is 0 Å². The lowest BCUT2D eigenvalue weighted by Gasteiger charge is -2.21. The summed E-state index contributed by atoms with van der Waals surface area (Å²) in [6.07, 6.45) is -0.832. The van der Waals surface area contributed by atoms with Crippen LogP contribution >= 0.6 is 0 Å². The zero-order valence-electron chi connectivity index (χ0n) is 17.6. The number of ether oxygens (including phenoxy) is 1. The van der Waals surface area contributed by atoms with Gasteiger partial charge in [0.1, 0.15) is 6.61 Å². The van der Waals surface area contributed by atoms with Crippen molar-refractivity contribution in [2.75, 3.05) is 6.61 Å². The fourth-order valence-corrected chi connectivity index (χ4v) is 4.41. The van der Waals surface area contributed by atoms with Crippen LogP contribution in [0.1, 0.15) is 46.2 Å². The van der Waals surface area contributed by atoms with E-state index >= 15 is 0 Å². The molecule has 158 valence electrons. The molecule has 0 bridgehead atoms.